The van der Waals surface area contributed by atoms with Crippen molar-refractivity contribution in [2.75, 3.05) is 31.6 Å². The fourth-order valence-corrected chi connectivity index (χ4v) is 4.25. The number of carbonyl (C=O) groups excluding carboxylic acids is 1. The Morgan fingerprint density at radius 2 is 1.73 bits per heavy atom. The van der Waals surface area contributed by atoms with Crippen LogP contribution in [0.5, 0.6) is 0 Å². The van der Waals surface area contributed by atoms with Crippen molar-refractivity contribution in [3.05, 3.63) is 41.7 Å². The van der Waals surface area contributed by atoms with Gasteiger partial charge in [-0.15, -0.1) is 0 Å². The maximum Gasteiger partial charge on any atom is 0.282 e. The van der Waals surface area contributed by atoms with Crippen LogP contribution >= 0.6 is 0 Å². The second kappa shape index (κ2) is 9.10. The van der Waals surface area contributed by atoms with Gasteiger partial charge in [-0.3, -0.25) is 9.48 Å². The normalized spacial score (nSPS) is 15.7. The van der Waals surface area contributed by atoms with Crippen LogP contribution in [0.3, 0.4) is 0 Å². The first-order chi connectivity index (χ1) is 14.2. The van der Waals surface area contributed by atoms with Crippen LogP contribution in [-0.2, 0) is 26.1 Å². The molecule has 1 aromatic heterocycles. The quantitative estimate of drug-likeness (QED) is 0.654. The number of hydrogen-bond donors (Lipinski definition) is 1. The summed E-state index contributed by atoms with van der Waals surface area (Å²) in [6, 6.07) is 5.83. The zero-order valence-corrected chi connectivity index (χ0v) is 16.3. The van der Waals surface area contributed by atoms with Crippen molar-refractivity contribution < 1.29 is 35.5 Å². The van der Waals surface area contributed by atoms with Gasteiger partial charge in [-0.2, -0.15) is 9.40 Å². The number of benzene rings is 1. The zero-order chi connectivity index (χ0) is 21.9. The van der Waals surface area contributed by atoms with E-state index in [1.165, 1.54) is 28.6 Å². The molecule has 0 spiro atoms. The molecule has 3 rings (SSSR count). The van der Waals surface area contributed by atoms with E-state index < -0.39 is 46.7 Å². The Hall–Kier alpha value is -2.51. The van der Waals surface area contributed by atoms with Crippen LogP contribution in [0.1, 0.15) is 24.2 Å². The summed E-state index contributed by atoms with van der Waals surface area (Å²) >= 11 is 0. The summed E-state index contributed by atoms with van der Waals surface area (Å²) in [5, 5.41) is 5.73. The minimum atomic E-state index is -3.70. The third-order valence-corrected chi connectivity index (χ3v) is 6.23. The molecule has 13 heteroatoms. The van der Waals surface area contributed by atoms with Crippen molar-refractivity contribution in [3.8, 4) is 0 Å². The largest absolute Gasteiger partial charge is 0.379 e. The van der Waals surface area contributed by atoms with Crippen LogP contribution in [-0.4, -0.2) is 54.7 Å². The summed E-state index contributed by atoms with van der Waals surface area (Å²) in [5.74, 6) is -0.787. The van der Waals surface area contributed by atoms with Gasteiger partial charge < -0.3 is 10.1 Å². The molecule has 30 heavy (non-hydrogen) atoms. The molecule has 0 bridgehead atoms. The molecule has 2 aromatic rings. The van der Waals surface area contributed by atoms with E-state index in [2.05, 4.69) is 10.4 Å². The van der Waals surface area contributed by atoms with Gasteiger partial charge in [-0.1, -0.05) is 0 Å². The van der Waals surface area contributed by atoms with Gasteiger partial charge in [0.2, 0.25) is 15.9 Å². The number of aromatic nitrogens is 2. The summed E-state index contributed by atoms with van der Waals surface area (Å²) in [6.07, 6.45) is -6.13. The molecule has 0 radical (unpaired) electrons. The standard InChI is InChI=1S/C17H18F4N4O4S/c18-16(19)13-9-14(17(20)21)25(23-13)10-15(26)22-11-1-3-12(4-2-11)30(27,28)24-5-7-29-8-6-24/h1-4,9,16-17H,5-8,10H2,(H,22,26). The highest BCUT2D eigenvalue weighted by atomic mass is 32.2. The third kappa shape index (κ3) is 4.96. The number of carbonyl (C=O) groups is 1. The molecule has 0 atom stereocenters. The summed E-state index contributed by atoms with van der Waals surface area (Å²) in [7, 11) is -3.70. The van der Waals surface area contributed by atoms with Crippen LogP contribution in [0.15, 0.2) is 35.2 Å². The van der Waals surface area contributed by atoms with Gasteiger partial charge in [-0.05, 0) is 30.3 Å². The maximum absolute atomic E-state index is 13.0. The smallest absolute Gasteiger partial charge is 0.282 e. The lowest BCUT2D eigenvalue weighted by atomic mass is 10.3. The van der Waals surface area contributed by atoms with E-state index in [1.807, 2.05) is 0 Å². The topological polar surface area (TPSA) is 93.5 Å². The van der Waals surface area contributed by atoms with Crippen molar-refractivity contribution in [2.24, 2.45) is 0 Å². The van der Waals surface area contributed by atoms with Crippen molar-refractivity contribution in [3.63, 3.8) is 0 Å². The number of amides is 1. The van der Waals surface area contributed by atoms with Crippen LogP contribution in [0.2, 0.25) is 0 Å². The second-order valence-electron chi connectivity index (χ2n) is 6.34. The van der Waals surface area contributed by atoms with Gasteiger partial charge in [0.25, 0.3) is 12.9 Å². The predicted octanol–water partition coefficient (Wildman–Crippen LogP) is 2.42. The molecule has 1 aliphatic heterocycles. The molecular formula is C17H18F4N4O4S. The molecule has 1 N–H and O–H groups in total. The number of morpholine rings is 1. The Bertz CT molecular complexity index is 990. The first-order valence-electron chi connectivity index (χ1n) is 8.80. The summed E-state index contributed by atoms with van der Waals surface area (Å²) in [5.41, 5.74) is -1.44. The SMILES string of the molecule is O=C(Cn1nc(C(F)F)cc1C(F)F)Nc1ccc(S(=O)(=O)N2CCOCC2)cc1. The first-order valence-corrected chi connectivity index (χ1v) is 10.2. The van der Waals surface area contributed by atoms with Crippen molar-refractivity contribution in [2.45, 2.75) is 24.3 Å². The second-order valence-corrected chi connectivity index (χ2v) is 8.28. The van der Waals surface area contributed by atoms with E-state index >= 15 is 0 Å². The average Bonchev–Trinajstić information content (AvgIpc) is 3.13. The molecule has 0 unspecified atom stereocenters. The highest BCUT2D eigenvalue weighted by Gasteiger charge is 2.26. The Kier molecular flexibility index (Phi) is 6.73. The molecule has 1 fully saturated rings. The summed E-state index contributed by atoms with van der Waals surface area (Å²) < 4.78 is 83.4. The van der Waals surface area contributed by atoms with E-state index in [4.69, 9.17) is 4.74 Å². The highest BCUT2D eigenvalue weighted by Crippen LogP contribution is 2.25. The lowest BCUT2D eigenvalue weighted by Gasteiger charge is -2.26. The Morgan fingerprint density at radius 3 is 2.30 bits per heavy atom. The molecule has 1 aliphatic rings. The van der Waals surface area contributed by atoms with E-state index in [1.54, 1.807) is 0 Å². The number of ether oxygens (including phenoxy) is 1. The lowest BCUT2D eigenvalue weighted by molar-refractivity contribution is -0.117. The highest BCUT2D eigenvalue weighted by molar-refractivity contribution is 7.89. The minimum Gasteiger partial charge on any atom is -0.379 e. The van der Waals surface area contributed by atoms with Gasteiger partial charge in [0.05, 0.1) is 18.1 Å². The molecule has 2 heterocycles. The molecule has 0 aliphatic carbocycles. The summed E-state index contributed by atoms with van der Waals surface area (Å²) in [6.45, 7) is 0.360. The molecule has 0 saturated carbocycles. The number of halogens is 4. The summed E-state index contributed by atoms with van der Waals surface area (Å²) in [4.78, 5) is 12.1. The Morgan fingerprint density at radius 1 is 1.10 bits per heavy atom. The van der Waals surface area contributed by atoms with Gasteiger partial charge >= 0.3 is 0 Å². The fraction of sp³-hybridized carbons (Fsp3) is 0.412. The lowest BCUT2D eigenvalue weighted by Crippen LogP contribution is -2.40. The Balaban J connectivity index is 1.68. The predicted molar refractivity (Wildman–Crippen MR) is 96.8 cm³/mol. The van der Waals surface area contributed by atoms with E-state index in [9.17, 15) is 30.8 Å². The molecule has 1 saturated heterocycles. The number of nitrogens with one attached hydrogen (secondary N) is 1. The molecular weight excluding hydrogens is 432 g/mol. The van der Waals surface area contributed by atoms with Gasteiger partial charge in [0, 0.05) is 18.8 Å². The number of sulfonamides is 1. The monoisotopic (exact) mass is 450 g/mol. The number of hydrogen-bond acceptors (Lipinski definition) is 5. The Labute approximate surface area is 169 Å². The van der Waals surface area contributed by atoms with Crippen molar-refractivity contribution in [1.82, 2.24) is 14.1 Å². The minimum absolute atomic E-state index is 0.0241. The maximum atomic E-state index is 13.0. The van der Waals surface area contributed by atoms with Crippen molar-refractivity contribution >= 4 is 21.6 Å². The molecule has 164 valence electrons. The number of rotatable bonds is 7. The number of anilines is 1. The average molecular weight is 450 g/mol. The molecule has 1 aromatic carbocycles. The van der Waals surface area contributed by atoms with Crippen LogP contribution in [0, 0.1) is 0 Å². The van der Waals surface area contributed by atoms with Crippen LogP contribution in [0.4, 0.5) is 23.2 Å². The van der Waals surface area contributed by atoms with Crippen LogP contribution in [0.25, 0.3) is 0 Å². The number of nitrogens with zero attached hydrogens (tertiary/aromatic N) is 3. The molecule has 1 amide bonds. The van der Waals surface area contributed by atoms with Crippen molar-refractivity contribution in [1.29, 1.82) is 0 Å². The zero-order valence-electron chi connectivity index (χ0n) is 15.5. The first kappa shape index (κ1) is 22.2. The van der Waals surface area contributed by atoms with E-state index in [0.717, 1.165) is 0 Å². The fourth-order valence-electron chi connectivity index (χ4n) is 2.84. The number of alkyl halides is 4. The molecule has 8 nitrogen and oxygen atoms in total. The van der Waals surface area contributed by atoms with E-state index in [0.29, 0.717) is 24.0 Å². The third-order valence-electron chi connectivity index (χ3n) is 4.32. The van der Waals surface area contributed by atoms with Gasteiger partial charge in [-0.25, -0.2) is 26.0 Å². The van der Waals surface area contributed by atoms with Gasteiger partial charge in [0.1, 0.15) is 17.9 Å². The van der Waals surface area contributed by atoms with Crippen LogP contribution < -0.4 is 5.32 Å². The van der Waals surface area contributed by atoms with Gasteiger partial charge in [0.15, 0.2) is 0 Å². The van der Waals surface area contributed by atoms with E-state index in [-0.39, 0.29) is 23.7 Å².